The zero-order valence-corrected chi connectivity index (χ0v) is 13.4. The smallest absolute Gasteiger partial charge is 0.266 e. The minimum absolute atomic E-state index is 0.239. The van der Waals surface area contributed by atoms with Crippen LogP contribution in [0.5, 0.6) is 5.75 Å². The summed E-state index contributed by atoms with van der Waals surface area (Å²) in [5.41, 5.74) is 0.828. The maximum absolute atomic E-state index is 12.9. The van der Waals surface area contributed by atoms with E-state index in [9.17, 15) is 4.79 Å². The molecule has 112 valence electrons. The predicted molar refractivity (Wildman–Crippen MR) is 88.6 cm³/mol. The number of fused-ring (bicyclic) bond motifs is 1. The average molecular weight is 335 g/mol. The van der Waals surface area contributed by atoms with Gasteiger partial charge in [-0.05, 0) is 31.2 Å². The van der Waals surface area contributed by atoms with Crippen LogP contribution in [0.15, 0.2) is 41.2 Å². The molecule has 0 aliphatic carbocycles. The summed E-state index contributed by atoms with van der Waals surface area (Å²) in [7, 11) is 1.56. The van der Waals surface area contributed by atoms with Crippen molar-refractivity contribution in [2.24, 2.45) is 0 Å². The highest BCUT2D eigenvalue weighted by atomic mass is 35.5. The lowest BCUT2D eigenvalue weighted by molar-refractivity contribution is 0.412. The fourth-order valence-electron chi connectivity index (χ4n) is 2.42. The van der Waals surface area contributed by atoms with Crippen LogP contribution in [-0.2, 0) is 0 Å². The molecular formula is C16H12Cl2N2O2. The summed E-state index contributed by atoms with van der Waals surface area (Å²) in [6, 6.07) is 10.4. The van der Waals surface area contributed by atoms with Gasteiger partial charge in [0.15, 0.2) is 0 Å². The van der Waals surface area contributed by atoms with Gasteiger partial charge in [0.2, 0.25) is 0 Å². The molecule has 0 bridgehead atoms. The van der Waals surface area contributed by atoms with Gasteiger partial charge in [-0.15, -0.1) is 0 Å². The minimum atomic E-state index is -0.239. The van der Waals surface area contributed by atoms with Gasteiger partial charge in [0.05, 0.1) is 28.7 Å². The Labute approximate surface area is 136 Å². The fourth-order valence-corrected chi connectivity index (χ4v) is 2.96. The van der Waals surface area contributed by atoms with Crippen molar-refractivity contribution in [2.75, 3.05) is 7.11 Å². The Morgan fingerprint density at radius 1 is 1.18 bits per heavy atom. The number of ether oxygens (including phenoxy) is 1. The molecule has 1 heterocycles. The quantitative estimate of drug-likeness (QED) is 0.711. The Morgan fingerprint density at radius 3 is 2.64 bits per heavy atom. The Balaban J connectivity index is 2.43. The molecule has 0 spiro atoms. The van der Waals surface area contributed by atoms with Gasteiger partial charge in [-0.25, -0.2) is 4.98 Å². The molecule has 2 aromatic carbocycles. The van der Waals surface area contributed by atoms with Crippen LogP contribution in [0.4, 0.5) is 0 Å². The van der Waals surface area contributed by atoms with E-state index in [1.54, 1.807) is 38.3 Å². The number of halogens is 2. The molecule has 0 unspecified atom stereocenters. The van der Waals surface area contributed by atoms with Crippen molar-refractivity contribution >= 4 is 34.1 Å². The number of para-hydroxylation sites is 2. The molecular weight excluding hydrogens is 323 g/mol. The summed E-state index contributed by atoms with van der Waals surface area (Å²) in [6.45, 7) is 1.75. The molecule has 6 heteroatoms. The first-order valence-electron chi connectivity index (χ1n) is 6.54. The third-order valence-corrected chi connectivity index (χ3v) is 3.89. The van der Waals surface area contributed by atoms with Crippen LogP contribution in [-0.4, -0.2) is 16.7 Å². The Kier molecular flexibility index (Phi) is 3.81. The molecule has 3 rings (SSSR count). The van der Waals surface area contributed by atoms with E-state index in [1.807, 2.05) is 12.1 Å². The third-order valence-electron chi connectivity index (χ3n) is 3.38. The molecule has 0 aliphatic rings. The number of nitrogens with zero attached hydrogens (tertiary/aromatic N) is 2. The van der Waals surface area contributed by atoms with Gasteiger partial charge in [-0.3, -0.25) is 9.36 Å². The van der Waals surface area contributed by atoms with Gasteiger partial charge in [-0.2, -0.15) is 0 Å². The average Bonchev–Trinajstić information content (AvgIpc) is 2.49. The molecule has 22 heavy (non-hydrogen) atoms. The van der Waals surface area contributed by atoms with Crippen molar-refractivity contribution in [3.8, 4) is 11.4 Å². The lowest BCUT2D eigenvalue weighted by Crippen LogP contribution is -2.22. The normalized spacial score (nSPS) is 10.9. The summed E-state index contributed by atoms with van der Waals surface area (Å²) >= 11 is 12.2. The first-order chi connectivity index (χ1) is 10.5. The van der Waals surface area contributed by atoms with Crippen LogP contribution in [0.2, 0.25) is 10.0 Å². The molecule has 0 N–H and O–H groups in total. The number of benzene rings is 2. The van der Waals surface area contributed by atoms with Gasteiger partial charge in [0.1, 0.15) is 11.6 Å². The molecule has 0 atom stereocenters. The second-order valence-corrected chi connectivity index (χ2v) is 5.60. The monoisotopic (exact) mass is 334 g/mol. The number of hydrogen-bond donors (Lipinski definition) is 0. The number of aryl methyl sites for hydroxylation is 1. The Morgan fingerprint density at radius 2 is 1.91 bits per heavy atom. The second kappa shape index (κ2) is 5.63. The molecule has 0 amide bonds. The molecule has 0 saturated carbocycles. The summed E-state index contributed by atoms with van der Waals surface area (Å²) in [6.07, 6.45) is 0. The van der Waals surface area contributed by atoms with Crippen molar-refractivity contribution in [1.82, 2.24) is 9.55 Å². The second-order valence-electron chi connectivity index (χ2n) is 4.76. The van der Waals surface area contributed by atoms with Crippen LogP contribution >= 0.6 is 23.2 Å². The highest BCUT2D eigenvalue weighted by Crippen LogP contribution is 2.27. The first-order valence-corrected chi connectivity index (χ1v) is 7.30. The van der Waals surface area contributed by atoms with Gasteiger partial charge in [0, 0.05) is 5.02 Å². The van der Waals surface area contributed by atoms with Gasteiger partial charge in [0.25, 0.3) is 5.56 Å². The van der Waals surface area contributed by atoms with Crippen LogP contribution < -0.4 is 10.3 Å². The van der Waals surface area contributed by atoms with E-state index >= 15 is 0 Å². The third kappa shape index (κ3) is 2.34. The summed E-state index contributed by atoms with van der Waals surface area (Å²) in [5.74, 6) is 1.10. The molecule has 0 aliphatic heterocycles. The topological polar surface area (TPSA) is 44.1 Å². The van der Waals surface area contributed by atoms with Crippen LogP contribution in [0, 0.1) is 6.92 Å². The number of rotatable bonds is 2. The lowest BCUT2D eigenvalue weighted by atomic mass is 10.2. The summed E-state index contributed by atoms with van der Waals surface area (Å²) < 4.78 is 6.82. The van der Waals surface area contributed by atoms with E-state index < -0.39 is 0 Å². The number of methoxy groups -OCH3 is 1. The number of hydrogen-bond acceptors (Lipinski definition) is 3. The SMILES string of the molecule is COc1ccccc1-n1c(C)nc2c(Cl)cc(Cl)cc2c1=O. The first kappa shape index (κ1) is 14.9. The molecule has 0 fully saturated rings. The van der Waals surface area contributed by atoms with E-state index in [4.69, 9.17) is 27.9 Å². The van der Waals surface area contributed by atoms with Gasteiger partial charge >= 0.3 is 0 Å². The summed E-state index contributed by atoms with van der Waals surface area (Å²) in [4.78, 5) is 17.3. The van der Waals surface area contributed by atoms with Gasteiger partial charge in [-0.1, -0.05) is 35.3 Å². The predicted octanol–water partition coefficient (Wildman–Crippen LogP) is 4.01. The minimum Gasteiger partial charge on any atom is -0.495 e. The van der Waals surface area contributed by atoms with E-state index in [0.29, 0.717) is 38.2 Å². The van der Waals surface area contributed by atoms with Crippen LogP contribution in [0.3, 0.4) is 0 Å². The molecule has 0 radical (unpaired) electrons. The van der Waals surface area contributed by atoms with E-state index in [1.165, 1.54) is 4.57 Å². The van der Waals surface area contributed by atoms with Crippen LogP contribution in [0.1, 0.15) is 5.82 Å². The fraction of sp³-hybridized carbons (Fsp3) is 0.125. The van der Waals surface area contributed by atoms with Crippen molar-refractivity contribution in [1.29, 1.82) is 0 Å². The molecule has 0 saturated heterocycles. The van der Waals surface area contributed by atoms with Crippen molar-refractivity contribution in [3.05, 3.63) is 62.6 Å². The van der Waals surface area contributed by atoms with E-state index in [0.717, 1.165) is 0 Å². The largest absolute Gasteiger partial charge is 0.495 e. The van der Waals surface area contributed by atoms with Crippen molar-refractivity contribution in [2.45, 2.75) is 6.92 Å². The number of aromatic nitrogens is 2. The van der Waals surface area contributed by atoms with E-state index in [-0.39, 0.29) is 5.56 Å². The maximum atomic E-state index is 12.9. The zero-order valence-electron chi connectivity index (χ0n) is 11.9. The van der Waals surface area contributed by atoms with Crippen molar-refractivity contribution in [3.63, 3.8) is 0 Å². The highest BCUT2D eigenvalue weighted by molar-refractivity contribution is 6.38. The highest BCUT2D eigenvalue weighted by Gasteiger charge is 2.15. The Bertz CT molecular complexity index is 935. The maximum Gasteiger partial charge on any atom is 0.266 e. The standard InChI is InChI=1S/C16H12Cl2N2O2/c1-9-19-15-11(7-10(17)8-12(15)18)16(21)20(9)13-5-3-4-6-14(13)22-2/h3-8H,1-2H3. The lowest BCUT2D eigenvalue weighted by Gasteiger charge is -2.14. The molecule has 4 nitrogen and oxygen atoms in total. The zero-order chi connectivity index (χ0) is 15.9. The van der Waals surface area contributed by atoms with Crippen LogP contribution in [0.25, 0.3) is 16.6 Å². The molecule has 3 aromatic rings. The summed E-state index contributed by atoms with van der Waals surface area (Å²) in [5, 5.41) is 1.12. The molecule has 1 aromatic heterocycles. The van der Waals surface area contributed by atoms with E-state index in [2.05, 4.69) is 4.98 Å². The van der Waals surface area contributed by atoms with Gasteiger partial charge < -0.3 is 4.74 Å². The Hall–Kier alpha value is -2.04. The van der Waals surface area contributed by atoms with Crippen molar-refractivity contribution < 1.29 is 4.74 Å².